The number of rotatable bonds is 8. The highest BCUT2D eigenvalue weighted by Gasteiger charge is 2.46. The molecule has 1 unspecified atom stereocenters. The third kappa shape index (κ3) is 4.90. The molecule has 0 bridgehead atoms. The fraction of sp³-hybridized carbons (Fsp3) is 0.360. The molecule has 2 amide bonds. The number of amides is 2. The predicted molar refractivity (Wildman–Crippen MR) is 125 cm³/mol. The Kier molecular flexibility index (Phi) is 7.13. The Morgan fingerprint density at radius 3 is 2.38 bits per heavy atom. The maximum Gasteiger partial charge on any atom is 0.252 e. The van der Waals surface area contributed by atoms with E-state index < -0.39 is 33.7 Å². The minimum absolute atomic E-state index is 0.0198. The Morgan fingerprint density at radius 1 is 1.06 bits per heavy atom. The Hall–Kier alpha value is -3.04. The fourth-order valence-electron chi connectivity index (χ4n) is 4.41. The second kappa shape index (κ2) is 10.1. The van der Waals surface area contributed by atoms with Gasteiger partial charge in [0.05, 0.1) is 24.1 Å². The van der Waals surface area contributed by atoms with Crippen molar-refractivity contribution in [2.24, 2.45) is 0 Å². The van der Waals surface area contributed by atoms with Crippen molar-refractivity contribution in [3.8, 4) is 5.75 Å². The van der Waals surface area contributed by atoms with E-state index >= 15 is 0 Å². The first-order valence-corrected chi connectivity index (χ1v) is 12.7. The second-order valence-corrected chi connectivity index (χ2v) is 10.3. The molecular formula is C25H27FN2O5S. The average Bonchev–Trinajstić information content (AvgIpc) is 3.13. The average molecular weight is 487 g/mol. The third-order valence-electron chi connectivity index (χ3n) is 6.26. The van der Waals surface area contributed by atoms with E-state index in [2.05, 4.69) is 6.08 Å². The molecule has 0 N–H and O–H groups in total. The van der Waals surface area contributed by atoms with Crippen molar-refractivity contribution in [3.63, 3.8) is 0 Å². The normalized spacial score (nSPS) is 19.0. The summed E-state index contributed by atoms with van der Waals surface area (Å²) in [6, 6.07) is 9.76. The van der Waals surface area contributed by atoms with Gasteiger partial charge in [0.2, 0.25) is 15.9 Å². The molecule has 1 aliphatic heterocycles. The highest BCUT2D eigenvalue weighted by molar-refractivity contribution is 7.89. The Labute approximate surface area is 198 Å². The summed E-state index contributed by atoms with van der Waals surface area (Å²) in [5.74, 6) is -1.14. The minimum Gasteiger partial charge on any atom is -0.497 e. The molecule has 1 saturated heterocycles. The predicted octanol–water partition coefficient (Wildman–Crippen LogP) is 4.05. The molecule has 1 fully saturated rings. The molecule has 0 saturated carbocycles. The molecule has 9 heteroatoms. The first-order valence-electron chi connectivity index (χ1n) is 11.3. The molecular weight excluding hydrogens is 459 g/mol. The van der Waals surface area contributed by atoms with Gasteiger partial charge < -0.3 is 4.74 Å². The third-order valence-corrected chi connectivity index (χ3v) is 8.18. The monoisotopic (exact) mass is 486 g/mol. The number of carbonyl (C=O) groups excluding carboxylic acids is 2. The number of imide groups is 1. The van der Waals surface area contributed by atoms with Gasteiger partial charge in [-0.05, 0) is 80.6 Å². The number of nitrogens with zero attached hydrogens (tertiary/aromatic N) is 2. The second-order valence-electron chi connectivity index (χ2n) is 8.41. The fourth-order valence-corrected chi connectivity index (χ4v) is 6.00. The molecule has 7 nitrogen and oxygen atoms in total. The zero-order chi connectivity index (χ0) is 24.3. The summed E-state index contributed by atoms with van der Waals surface area (Å²) in [5.41, 5.74) is 1.38. The number of allylic oxidation sites excluding steroid dienone is 1. The van der Waals surface area contributed by atoms with Gasteiger partial charge in [-0.1, -0.05) is 11.6 Å². The topological polar surface area (TPSA) is 84.0 Å². The Bertz CT molecular complexity index is 1190. The smallest absolute Gasteiger partial charge is 0.252 e. The van der Waals surface area contributed by atoms with E-state index in [9.17, 15) is 22.4 Å². The molecule has 1 heterocycles. The zero-order valence-electron chi connectivity index (χ0n) is 18.9. The van der Waals surface area contributed by atoms with E-state index in [0.717, 1.165) is 52.6 Å². The SMILES string of the molecule is COc1ccc(S(=O)(=O)N(CCC2=CCCCC2)C2CC(=O)N(c3ccc(F)cc3)C2=O)cc1. The number of carbonyl (C=O) groups is 2. The van der Waals surface area contributed by atoms with Gasteiger partial charge >= 0.3 is 0 Å². The molecule has 1 atom stereocenters. The number of hydrogen-bond donors (Lipinski definition) is 0. The Balaban J connectivity index is 1.66. The molecule has 2 aromatic rings. The van der Waals surface area contributed by atoms with Crippen LogP contribution in [-0.4, -0.2) is 44.2 Å². The first kappa shape index (κ1) is 24.1. The van der Waals surface area contributed by atoms with Crippen LogP contribution in [0.2, 0.25) is 0 Å². The molecule has 0 spiro atoms. The van der Waals surface area contributed by atoms with Gasteiger partial charge in [0.25, 0.3) is 5.91 Å². The van der Waals surface area contributed by atoms with Crippen molar-refractivity contribution in [1.29, 1.82) is 0 Å². The number of anilines is 1. The van der Waals surface area contributed by atoms with Crippen molar-refractivity contribution >= 4 is 27.5 Å². The van der Waals surface area contributed by atoms with Crippen molar-refractivity contribution in [2.75, 3.05) is 18.6 Å². The molecule has 0 aromatic heterocycles. The first-order chi connectivity index (χ1) is 16.3. The maximum atomic E-state index is 13.7. The number of halogens is 1. The molecule has 1 aliphatic carbocycles. The summed E-state index contributed by atoms with van der Waals surface area (Å²) in [5, 5.41) is 0. The van der Waals surface area contributed by atoms with Crippen LogP contribution in [0.3, 0.4) is 0 Å². The van der Waals surface area contributed by atoms with Crippen molar-refractivity contribution in [1.82, 2.24) is 4.31 Å². The highest BCUT2D eigenvalue weighted by atomic mass is 32.2. The van der Waals surface area contributed by atoms with Gasteiger partial charge in [-0.3, -0.25) is 9.59 Å². The summed E-state index contributed by atoms with van der Waals surface area (Å²) in [6.45, 7) is 0.0845. The summed E-state index contributed by atoms with van der Waals surface area (Å²) in [4.78, 5) is 27.1. The van der Waals surface area contributed by atoms with E-state index in [-0.39, 0.29) is 23.5 Å². The van der Waals surface area contributed by atoms with Crippen LogP contribution in [0.25, 0.3) is 0 Å². The van der Waals surface area contributed by atoms with E-state index in [1.54, 1.807) is 12.1 Å². The van der Waals surface area contributed by atoms with Crippen LogP contribution < -0.4 is 9.64 Å². The van der Waals surface area contributed by atoms with Crippen LogP contribution in [0, 0.1) is 5.82 Å². The molecule has 2 aliphatic rings. The number of methoxy groups -OCH3 is 1. The number of ether oxygens (including phenoxy) is 1. The summed E-state index contributed by atoms with van der Waals surface area (Å²) in [6.07, 6.45) is 6.37. The van der Waals surface area contributed by atoms with Crippen molar-refractivity contribution in [2.45, 2.75) is 49.5 Å². The van der Waals surface area contributed by atoms with Crippen LogP contribution in [0.4, 0.5) is 10.1 Å². The van der Waals surface area contributed by atoms with Gasteiger partial charge in [0.15, 0.2) is 0 Å². The summed E-state index contributed by atoms with van der Waals surface area (Å²) in [7, 11) is -2.60. The quantitative estimate of drug-likeness (QED) is 0.415. The largest absolute Gasteiger partial charge is 0.497 e. The van der Waals surface area contributed by atoms with Crippen LogP contribution in [0.15, 0.2) is 65.1 Å². The van der Waals surface area contributed by atoms with E-state index in [1.165, 1.54) is 31.4 Å². The lowest BCUT2D eigenvalue weighted by Crippen LogP contribution is -2.46. The molecule has 180 valence electrons. The van der Waals surface area contributed by atoms with Crippen molar-refractivity contribution in [3.05, 3.63) is 66.0 Å². The highest BCUT2D eigenvalue weighted by Crippen LogP contribution is 2.31. The molecule has 4 rings (SSSR count). The molecule has 34 heavy (non-hydrogen) atoms. The van der Waals surface area contributed by atoms with Gasteiger partial charge in [0.1, 0.15) is 17.6 Å². The lowest BCUT2D eigenvalue weighted by Gasteiger charge is -2.28. The lowest BCUT2D eigenvalue weighted by atomic mass is 9.97. The number of sulfonamides is 1. The van der Waals surface area contributed by atoms with E-state index in [4.69, 9.17) is 4.74 Å². The number of benzene rings is 2. The van der Waals surface area contributed by atoms with E-state index in [1.807, 2.05) is 0 Å². The lowest BCUT2D eigenvalue weighted by molar-refractivity contribution is -0.122. The summed E-state index contributed by atoms with van der Waals surface area (Å²) >= 11 is 0. The number of hydrogen-bond acceptors (Lipinski definition) is 5. The minimum atomic E-state index is -4.09. The van der Waals surface area contributed by atoms with Crippen LogP contribution in [0.1, 0.15) is 38.5 Å². The molecule has 0 radical (unpaired) electrons. The van der Waals surface area contributed by atoms with E-state index in [0.29, 0.717) is 12.2 Å². The van der Waals surface area contributed by atoms with Gasteiger partial charge in [-0.15, -0.1) is 0 Å². The maximum absolute atomic E-state index is 13.7. The van der Waals surface area contributed by atoms with Gasteiger partial charge in [-0.2, -0.15) is 4.31 Å². The van der Waals surface area contributed by atoms with Crippen LogP contribution >= 0.6 is 0 Å². The van der Waals surface area contributed by atoms with Crippen molar-refractivity contribution < 1.29 is 27.1 Å². The van der Waals surface area contributed by atoms with Gasteiger partial charge in [-0.25, -0.2) is 17.7 Å². The summed E-state index contributed by atoms with van der Waals surface area (Å²) < 4.78 is 47.0. The zero-order valence-corrected chi connectivity index (χ0v) is 19.8. The van der Waals surface area contributed by atoms with Gasteiger partial charge in [0, 0.05) is 6.54 Å². The Morgan fingerprint density at radius 2 is 1.76 bits per heavy atom. The molecule has 2 aromatic carbocycles. The van der Waals surface area contributed by atoms with Crippen LogP contribution in [0.5, 0.6) is 5.75 Å². The standard InChI is InChI=1S/C25H27FN2O5S/c1-33-21-11-13-22(14-12-21)34(31,32)27(16-15-18-5-3-2-4-6-18)23-17-24(29)28(25(23)30)20-9-7-19(26)8-10-20/h5,7-14,23H,2-4,6,15-17H2,1H3. The van der Waals surface area contributed by atoms with Crippen LogP contribution in [-0.2, 0) is 19.6 Å².